The first-order valence-electron chi connectivity index (χ1n) is 6.27. The van der Waals surface area contributed by atoms with Crippen LogP contribution in [0, 0.1) is 0 Å². The summed E-state index contributed by atoms with van der Waals surface area (Å²) < 4.78 is 17.0. The number of halogens is 1. The average molecular weight is 354 g/mol. The van der Waals surface area contributed by atoms with Crippen LogP contribution in [0.1, 0.15) is 23.0 Å². The number of methoxy groups -OCH3 is 1. The lowest BCUT2D eigenvalue weighted by Gasteiger charge is -2.11. The van der Waals surface area contributed by atoms with Crippen molar-refractivity contribution in [1.82, 2.24) is 5.16 Å². The number of aromatic nitrogens is 1. The smallest absolute Gasteiger partial charge is 0.358 e. The molecule has 1 aromatic carbocycles. The summed E-state index contributed by atoms with van der Waals surface area (Å²) in [6, 6.07) is 3.13. The maximum absolute atomic E-state index is 10.9. The van der Waals surface area contributed by atoms with E-state index >= 15 is 0 Å². The fourth-order valence-electron chi connectivity index (χ4n) is 2.35. The van der Waals surface area contributed by atoms with Crippen molar-refractivity contribution in [3.63, 3.8) is 0 Å². The summed E-state index contributed by atoms with van der Waals surface area (Å²) in [6.45, 7) is 1.97. The van der Waals surface area contributed by atoms with Gasteiger partial charge < -0.3 is 19.1 Å². The minimum atomic E-state index is -1.13. The van der Waals surface area contributed by atoms with Gasteiger partial charge in [-0.25, -0.2) is 4.79 Å². The highest BCUT2D eigenvalue weighted by Gasteiger charge is 2.29. The minimum Gasteiger partial charge on any atom is -0.493 e. The first-order chi connectivity index (χ1) is 10.0. The number of fused-ring (bicyclic) bond motifs is 1. The number of ether oxygens (including phenoxy) is 2. The molecule has 0 fully saturated rings. The van der Waals surface area contributed by atoms with Crippen LogP contribution in [0.4, 0.5) is 0 Å². The zero-order valence-electron chi connectivity index (χ0n) is 11.3. The topological polar surface area (TPSA) is 81.8 Å². The van der Waals surface area contributed by atoms with Gasteiger partial charge in [0.2, 0.25) is 0 Å². The third-order valence-corrected chi connectivity index (χ3v) is 4.21. The van der Waals surface area contributed by atoms with Gasteiger partial charge >= 0.3 is 5.97 Å². The van der Waals surface area contributed by atoms with E-state index in [1.54, 1.807) is 13.2 Å². The molecule has 0 radical (unpaired) electrons. The molecule has 0 amide bonds. The van der Waals surface area contributed by atoms with E-state index in [0.29, 0.717) is 22.8 Å². The molecule has 110 valence electrons. The summed E-state index contributed by atoms with van der Waals surface area (Å²) in [5.41, 5.74) is 1.52. The van der Waals surface area contributed by atoms with Crippen LogP contribution in [-0.4, -0.2) is 29.4 Å². The largest absolute Gasteiger partial charge is 0.493 e. The fraction of sp³-hybridized carbons (Fsp3) is 0.286. The normalized spacial score (nSPS) is 16.4. The summed E-state index contributed by atoms with van der Waals surface area (Å²) >= 11 is 3.54. The standard InChI is InChI=1S/C14H12BrNO5/c1-6-3-8-12(15)7(4-11(19-2)13(8)20-6)10-5-9(14(17)18)16-21-10/h4-6H,3H2,1-2H3,(H,17,18). The van der Waals surface area contributed by atoms with E-state index < -0.39 is 5.97 Å². The van der Waals surface area contributed by atoms with E-state index in [4.69, 9.17) is 19.1 Å². The summed E-state index contributed by atoms with van der Waals surface area (Å²) in [5.74, 6) is 0.519. The van der Waals surface area contributed by atoms with Crippen LogP contribution >= 0.6 is 15.9 Å². The van der Waals surface area contributed by atoms with Crippen LogP contribution in [-0.2, 0) is 6.42 Å². The Morgan fingerprint density at radius 3 is 2.90 bits per heavy atom. The van der Waals surface area contributed by atoms with Gasteiger partial charge in [0.05, 0.1) is 7.11 Å². The van der Waals surface area contributed by atoms with E-state index in [0.717, 1.165) is 16.5 Å². The quantitative estimate of drug-likeness (QED) is 0.912. The minimum absolute atomic E-state index is 0.0600. The lowest BCUT2D eigenvalue weighted by atomic mass is 10.0. The second-order valence-electron chi connectivity index (χ2n) is 4.76. The Hall–Kier alpha value is -2.02. The predicted octanol–water partition coefficient (Wildman–Crippen LogP) is 3.13. The lowest BCUT2D eigenvalue weighted by Crippen LogP contribution is -2.05. The molecule has 0 spiro atoms. The zero-order chi connectivity index (χ0) is 15.1. The Bertz CT molecular complexity index is 724. The van der Waals surface area contributed by atoms with Crippen molar-refractivity contribution in [1.29, 1.82) is 0 Å². The number of hydrogen-bond acceptors (Lipinski definition) is 5. The molecule has 0 saturated carbocycles. The molecule has 1 atom stereocenters. The number of hydrogen-bond donors (Lipinski definition) is 1. The van der Waals surface area contributed by atoms with E-state index in [1.807, 2.05) is 6.92 Å². The average Bonchev–Trinajstić information content (AvgIpc) is 3.06. The van der Waals surface area contributed by atoms with E-state index in [-0.39, 0.29) is 11.8 Å². The van der Waals surface area contributed by atoms with Gasteiger partial charge in [0.15, 0.2) is 23.0 Å². The van der Waals surface area contributed by atoms with Crippen LogP contribution in [0.15, 0.2) is 21.1 Å². The number of nitrogens with zero attached hydrogens (tertiary/aromatic N) is 1. The predicted molar refractivity (Wildman–Crippen MR) is 76.9 cm³/mol. The molecule has 1 aliphatic heterocycles. The Kier molecular flexibility index (Phi) is 3.36. The highest BCUT2D eigenvalue weighted by molar-refractivity contribution is 9.10. The van der Waals surface area contributed by atoms with Crippen molar-refractivity contribution in [3.05, 3.63) is 27.9 Å². The van der Waals surface area contributed by atoms with Crippen LogP contribution in [0.25, 0.3) is 11.3 Å². The van der Waals surface area contributed by atoms with Crippen molar-refractivity contribution in [2.45, 2.75) is 19.4 Å². The molecule has 6 nitrogen and oxygen atoms in total. The molecule has 2 heterocycles. The maximum atomic E-state index is 10.9. The van der Waals surface area contributed by atoms with Crippen LogP contribution < -0.4 is 9.47 Å². The molecule has 1 aromatic heterocycles. The highest BCUT2D eigenvalue weighted by Crippen LogP contribution is 2.47. The van der Waals surface area contributed by atoms with Gasteiger partial charge in [0.25, 0.3) is 0 Å². The van der Waals surface area contributed by atoms with Gasteiger partial charge in [-0.3, -0.25) is 0 Å². The van der Waals surface area contributed by atoms with E-state index in [1.165, 1.54) is 6.07 Å². The third kappa shape index (κ3) is 2.27. The Balaban J connectivity index is 2.15. The molecule has 0 saturated heterocycles. The Labute approximate surface area is 128 Å². The highest BCUT2D eigenvalue weighted by atomic mass is 79.9. The number of carboxylic acids is 1. The van der Waals surface area contributed by atoms with Crippen molar-refractivity contribution in [2.24, 2.45) is 0 Å². The second kappa shape index (κ2) is 5.07. The summed E-state index contributed by atoms with van der Waals surface area (Å²) in [5, 5.41) is 12.5. The number of rotatable bonds is 3. The summed E-state index contributed by atoms with van der Waals surface area (Å²) in [4.78, 5) is 10.9. The number of carbonyl (C=O) groups is 1. The number of aromatic carboxylic acids is 1. The van der Waals surface area contributed by atoms with Gasteiger partial charge in [-0.15, -0.1) is 0 Å². The molecule has 0 aliphatic carbocycles. The van der Waals surface area contributed by atoms with Crippen molar-refractivity contribution >= 4 is 21.9 Å². The molecule has 1 aliphatic rings. The molecule has 0 bridgehead atoms. The molecular formula is C14H12BrNO5. The van der Waals surface area contributed by atoms with E-state index in [2.05, 4.69) is 21.1 Å². The SMILES string of the molecule is COc1cc(-c2cc(C(=O)O)no2)c(Br)c2c1OC(C)C2. The maximum Gasteiger partial charge on any atom is 0.358 e. The van der Waals surface area contributed by atoms with Gasteiger partial charge in [-0.2, -0.15) is 0 Å². The monoisotopic (exact) mass is 353 g/mol. The molecule has 3 rings (SSSR count). The molecule has 2 aromatic rings. The summed E-state index contributed by atoms with van der Waals surface area (Å²) in [7, 11) is 1.56. The Morgan fingerprint density at radius 1 is 1.52 bits per heavy atom. The second-order valence-corrected chi connectivity index (χ2v) is 5.56. The van der Waals surface area contributed by atoms with Crippen LogP contribution in [0.2, 0.25) is 0 Å². The third-order valence-electron chi connectivity index (χ3n) is 3.30. The van der Waals surface area contributed by atoms with Crippen LogP contribution in [0.5, 0.6) is 11.5 Å². The van der Waals surface area contributed by atoms with Crippen molar-refractivity contribution in [3.8, 4) is 22.8 Å². The van der Waals surface area contributed by atoms with Gasteiger partial charge in [0, 0.05) is 28.1 Å². The van der Waals surface area contributed by atoms with Crippen molar-refractivity contribution in [2.75, 3.05) is 7.11 Å². The number of carboxylic acid groups (broad SMARTS) is 1. The number of benzene rings is 1. The fourth-order valence-corrected chi connectivity index (χ4v) is 3.00. The first kappa shape index (κ1) is 13.9. The molecule has 7 heteroatoms. The molecular weight excluding hydrogens is 342 g/mol. The zero-order valence-corrected chi connectivity index (χ0v) is 12.9. The van der Waals surface area contributed by atoms with E-state index in [9.17, 15) is 4.79 Å². The lowest BCUT2D eigenvalue weighted by molar-refractivity contribution is 0.0686. The molecule has 21 heavy (non-hydrogen) atoms. The Morgan fingerprint density at radius 2 is 2.29 bits per heavy atom. The molecule has 1 N–H and O–H groups in total. The van der Waals surface area contributed by atoms with Gasteiger partial charge in [0.1, 0.15) is 6.10 Å². The summed E-state index contributed by atoms with van der Waals surface area (Å²) in [6.07, 6.45) is 0.796. The van der Waals surface area contributed by atoms with Crippen molar-refractivity contribution < 1.29 is 23.9 Å². The van der Waals surface area contributed by atoms with Gasteiger partial charge in [-0.05, 0) is 28.9 Å². The van der Waals surface area contributed by atoms with Gasteiger partial charge in [-0.1, -0.05) is 5.16 Å². The van der Waals surface area contributed by atoms with Crippen LogP contribution in [0.3, 0.4) is 0 Å². The molecule has 1 unspecified atom stereocenters. The first-order valence-corrected chi connectivity index (χ1v) is 7.07.